The van der Waals surface area contributed by atoms with E-state index in [-0.39, 0.29) is 36.0 Å². The Bertz CT molecular complexity index is 989. The van der Waals surface area contributed by atoms with Gasteiger partial charge in [0.2, 0.25) is 6.75 Å². The number of benzene rings is 2. The number of rotatable bonds is 4. The maximum absolute atomic E-state index is 13.4. The second kappa shape index (κ2) is 6.69. The number of halogens is 1. The molecular weight excluding hydrogens is 309 g/mol. The average Bonchev–Trinajstić information content (AvgIpc) is 2.98. The number of ether oxygens (including phenoxy) is 3. The Labute approximate surface area is 150 Å². The molecule has 0 saturated carbocycles. The first-order valence-electron chi connectivity index (χ1n) is 11.0. The lowest BCUT2D eigenvalue weighted by atomic mass is 9.81. The monoisotopic (exact) mass is 336 g/mol. The van der Waals surface area contributed by atoms with Crippen molar-refractivity contribution < 1.29 is 28.2 Å². The average molecular weight is 336 g/mol. The topological polar surface area (TPSA) is 39.7 Å². The van der Waals surface area contributed by atoms with Crippen LogP contribution in [0.15, 0.2) is 42.5 Å². The van der Waals surface area contributed by atoms with Crippen LogP contribution in [0, 0.1) is 11.7 Å². The number of hydrogen-bond donors (Lipinski definition) is 1. The maximum atomic E-state index is 13.4. The molecule has 4 nitrogen and oxygen atoms in total. The molecule has 2 heterocycles. The fourth-order valence-electron chi connectivity index (χ4n) is 2.62. The summed E-state index contributed by atoms with van der Waals surface area (Å²) in [4.78, 5) is 0. The normalized spacial score (nSPS) is 36.0. The quantitative estimate of drug-likeness (QED) is 0.930. The summed E-state index contributed by atoms with van der Waals surface area (Å²) in [7, 11) is 0. The first-order valence-corrected chi connectivity index (χ1v) is 7.48. The van der Waals surface area contributed by atoms with Gasteiger partial charge in [0.1, 0.15) is 14.3 Å². The lowest BCUT2D eigenvalue weighted by molar-refractivity contribution is 0.173. The van der Waals surface area contributed by atoms with Gasteiger partial charge in [-0.1, -0.05) is 12.1 Å². The summed E-state index contributed by atoms with van der Waals surface area (Å²) in [5.74, 6) is -2.85. The van der Waals surface area contributed by atoms with Crippen LogP contribution in [0.5, 0.6) is 17.2 Å². The van der Waals surface area contributed by atoms with Crippen LogP contribution in [0.3, 0.4) is 0 Å². The Balaban J connectivity index is 1.62. The molecule has 2 aliphatic heterocycles. The number of fused-ring (bicyclic) bond motifs is 1. The molecular formula is C19H20FNO3. The second-order valence-electron chi connectivity index (χ2n) is 5.45. The molecule has 0 bridgehead atoms. The van der Waals surface area contributed by atoms with Gasteiger partial charge in [0.25, 0.3) is 0 Å². The van der Waals surface area contributed by atoms with Gasteiger partial charge in [-0.2, -0.15) is 0 Å². The zero-order valence-corrected chi connectivity index (χ0v) is 12.6. The Hall–Kier alpha value is -2.27. The van der Waals surface area contributed by atoms with Crippen molar-refractivity contribution in [2.45, 2.75) is 12.3 Å². The van der Waals surface area contributed by atoms with E-state index in [1.54, 1.807) is 0 Å². The number of hydrogen-bond acceptors (Lipinski definition) is 4. The lowest BCUT2D eigenvalue weighted by Gasteiger charge is -2.32. The second-order valence-corrected chi connectivity index (χ2v) is 5.45. The predicted octanol–water partition coefficient (Wildman–Crippen LogP) is 3.33. The predicted molar refractivity (Wildman–Crippen MR) is 88.2 cm³/mol. The third-order valence-corrected chi connectivity index (χ3v) is 3.87. The smallest absolute Gasteiger partial charge is 0.231 e. The fraction of sp³-hybridized carbons (Fsp3) is 0.368. The third-order valence-electron chi connectivity index (χ3n) is 3.87. The number of nitrogens with one attached hydrogen (secondary N) is 1. The van der Waals surface area contributed by atoms with Crippen LogP contribution in [-0.4, -0.2) is 26.4 Å². The molecule has 0 spiro atoms. The van der Waals surface area contributed by atoms with E-state index in [1.165, 1.54) is 30.3 Å². The molecule has 0 aliphatic carbocycles. The first-order chi connectivity index (χ1) is 14.3. The Morgan fingerprint density at radius 1 is 1.21 bits per heavy atom. The highest BCUT2D eigenvalue weighted by Gasteiger charge is 2.27. The van der Waals surface area contributed by atoms with Crippen molar-refractivity contribution in [3.05, 3.63) is 53.8 Å². The first kappa shape index (κ1) is 9.28. The van der Waals surface area contributed by atoms with Crippen LogP contribution in [0.1, 0.15) is 27.4 Å². The van der Waals surface area contributed by atoms with Gasteiger partial charge in [0.05, 0.1) is 6.61 Å². The fourth-order valence-corrected chi connectivity index (χ4v) is 2.62. The largest absolute Gasteiger partial charge is 0.493 e. The van der Waals surface area contributed by atoms with E-state index in [1.807, 2.05) is 0 Å². The zero-order valence-electron chi connectivity index (χ0n) is 19.6. The molecule has 2 aromatic carbocycles. The van der Waals surface area contributed by atoms with Crippen LogP contribution in [0.4, 0.5) is 4.39 Å². The Kier molecular flexibility index (Phi) is 2.59. The molecule has 0 aromatic heterocycles. The third kappa shape index (κ3) is 3.17. The van der Waals surface area contributed by atoms with E-state index in [2.05, 4.69) is 5.32 Å². The molecule has 4 rings (SSSR count). The van der Waals surface area contributed by atoms with Gasteiger partial charge in [-0.05, 0) is 48.6 Å². The summed E-state index contributed by atoms with van der Waals surface area (Å²) in [6, 6.07) is 9.37. The van der Waals surface area contributed by atoms with E-state index in [0.717, 1.165) is 12.1 Å². The molecule has 1 fully saturated rings. The van der Waals surface area contributed by atoms with Gasteiger partial charge in [-0.15, -0.1) is 0 Å². The molecule has 2 aromatic rings. The van der Waals surface area contributed by atoms with Crippen molar-refractivity contribution in [2.75, 3.05) is 26.4 Å². The van der Waals surface area contributed by atoms with Gasteiger partial charge >= 0.3 is 0 Å². The van der Waals surface area contributed by atoms with Crippen LogP contribution in [0.2, 0.25) is 0 Å². The van der Waals surface area contributed by atoms with Crippen LogP contribution < -0.4 is 19.5 Å². The molecule has 0 amide bonds. The minimum absolute atomic E-state index is 0.130. The molecule has 1 unspecified atom stereocenters. The minimum atomic E-state index is -2.50. The van der Waals surface area contributed by atoms with E-state index >= 15 is 0 Å². The van der Waals surface area contributed by atoms with Gasteiger partial charge in [-0.25, -0.2) is 4.39 Å². The van der Waals surface area contributed by atoms with E-state index in [4.69, 9.17) is 23.8 Å². The Morgan fingerprint density at radius 2 is 2.04 bits per heavy atom. The van der Waals surface area contributed by atoms with Crippen LogP contribution in [0.25, 0.3) is 0 Å². The number of piperidine rings is 1. The Morgan fingerprint density at radius 3 is 2.92 bits per heavy atom. The summed E-state index contributed by atoms with van der Waals surface area (Å²) < 4.78 is 86.1. The highest BCUT2D eigenvalue weighted by atomic mass is 19.1. The highest BCUT2D eigenvalue weighted by molar-refractivity contribution is 5.46. The van der Waals surface area contributed by atoms with Crippen molar-refractivity contribution in [3.63, 3.8) is 0 Å². The van der Waals surface area contributed by atoms with Crippen molar-refractivity contribution >= 4 is 0 Å². The minimum Gasteiger partial charge on any atom is -0.493 e. The van der Waals surface area contributed by atoms with Gasteiger partial charge in [0, 0.05) is 25.4 Å². The van der Waals surface area contributed by atoms with E-state index in [0.29, 0.717) is 0 Å². The molecule has 2 atom stereocenters. The van der Waals surface area contributed by atoms with Crippen molar-refractivity contribution in [3.8, 4) is 17.2 Å². The maximum Gasteiger partial charge on any atom is 0.231 e. The summed E-state index contributed by atoms with van der Waals surface area (Å²) >= 11 is 0. The van der Waals surface area contributed by atoms with Crippen LogP contribution in [-0.2, 0) is 0 Å². The molecule has 0 radical (unpaired) electrons. The summed E-state index contributed by atoms with van der Waals surface area (Å²) in [6.45, 7) is -5.24. The van der Waals surface area contributed by atoms with Crippen molar-refractivity contribution in [1.29, 1.82) is 0 Å². The highest BCUT2D eigenvalue weighted by Crippen LogP contribution is 2.36. The molecule has 126 valence electrons. The van der Waals surface area contributed by atoms with Gasteiger partial charge in [0.15, 0.2) is 11.5 Å². The van der Waals surface area contributed by atoms with Gasteiger partial charge < -0.3 is 19.5 Å². The van der Waals surface area contributed by atoms with E-state index in [9.17, 15) is 4.39 Å². The molecule has 5 heteroatoms. The van der Waals surface area contributed by atoms with Crippen LogP contribution >= 0.6 is 0 Å². The molecule has 1 saturated heterocycles. The summed E-state index contributed by atoms with van der Waals surface area (Å²) in [5.41, 5.74) is 0.286. The molecule has 2 aliphatic rings. The lowest BCUT2D eigenvalue weighted by Crippen LogP contribution is -2.38. The molecule has 1 N–H and O–H groups in total. The van der Waals surface area contributed by atoms with Crippen molar-refractivity contribution in [1.82, 2.24) is 5.32 Å². The standard InChI is InChI=1S/C19H20FNO3/c20-15-3-1-13(2-4-15)17-7-8-21-10-14(17)11-22-16-5-6-18-19(9-16)24-12-23-18/h1-6,9,14,17,21H,7-8,10-12H2/t14-,17?/m1/s1/i7D2,8D2,12D2,14D. The SMILES string of the molecule is [2H]C1([2H])Oc2ccc(OC[C@@]3([2H])CNC([2H])([2H])C([2H])([2H])C3c3ccc(F)cc3)cc2O1. The summed E-state index contributed by atoms with van der Waals surface area (Å²) in [6.07, 6.45) is -2.50. The zero-order chi connectivity index (χ0) is 22.7. The van der Waals surface area contributed by atoms with Gasteiger partial charge in [-0.3, -0.25) is 0 Å². The van der Waals surface area contributed by atoms with Crippen molar-refractivity contribution in [2.24, 2.45) is 5.89 Å². The summed E-state index contributed by atoms with van der Waals surface area (Å²) in [5, 5.41) is 2.46. The molecule has 24 heavy (non-hydrogen) atoms. The van der Waals surface area contributed by atoms with E-state index < -0.39 is 37.2 Å².